The zero-order chi connectivity index (χ0) is 27.9. The number of carbonyl (C=O) groups excluding carboxylic acids is 2. The monoisotopic (exact) mass is 504 g/mol. The molecule has 0 bridgehead atoms. The van der Waals surface area contributed by atoms with Gasteiger partial charge in [-0.3, -0.25) is 14.5 Å². The van der Waals surface area contributed by atoms with Crippen LogP contribution in [0.4, 0.5) is 0 Å². The summed E-state index contributed by atoms with van der Waals surface area (Å²) < 4.78 is 0. The Morgan fingerprint density at radius 2 is 1.37 bits per heavy atom. The fraction of sp³-hybridized carbons (Fsp3) is 0.235. The van der Waals surface area contributed by atoms with Gasteiger partial charge in [0.15, 0.2) is 0 Å². The summed E-state index contributed by atoms with van der Waals surface area (Å²) in [4.78, 5) is 29.8. The standard InChI is InChI=1S/C34H36N2O2/c1-10-26(34(7,8)9)14-15-27(11-2)36-23(6)29-17-13-25(20-31(29)33(36)38)18-24-12-16-28-22(5)35(21(3)4)32(37)30(28)19-24/h10-17,19-21H,1-2,5-6,18H2,3-4,7-9H3/b26-14+,27-15+. The van der Waals surface area contributed by atoms with E-state index in [1.807, 2.05) is 68.5 Å². The maximum absolute atomic E-state index is 13.5. The quantitative estimate of drug-likeness (QED) is 0.361. The molecular weight excluding hydrogens is 468 g/mol. The summed E-state index contributed by atoms with van der Waals surface area (Å²) in [6.45, 7) is 26.5. The average Bonchev–Trinajstić information content (AvgIpc) is 3.25. The van der Waals surface area contributed by atoms with Gasteiger partial charge in [-0.05, 0) is 66.7 Å². The predicted octanol–water partition coefficient (Wildman–Crippen LogP) is 7.77. The summed E-state index contributed by atoms with van der Waals surface area (Å²) in [7, 11) is 0. The molecule has 0 saturated carbocycles. The van der Waals surface area contributed by atoms with E-state index < -0.39 is 0 Å². The van der Waals surface area contributed by atoms with Gasteiger partial charge >= 0.3 is 0 Å². The number of fused-ring (bicyclic) bond motifs is 2. The zero-order valence-electron chi connectivity index (χ0n) is 23.1. The lowest BCUT2D eigenvalue weighted by atomic mass is 9.86. The van der Waals surface area contributed by atoms with E-state index in [1.54, 1.807) is 15.9 Å². The van der Waals surface area contributed by atoms with E-state index >= 15 is 0 Å². The summed E-state index contributed by atoms with van der Waals surface area (Å²) in [5.41, 5.74) is 8.00. The molecule has 2 aliphatic heterocycles. The first-order valence-corrected chi connectivity index (χ1v) is 12.9. The van der Waals surface area contributed by atoms with Crippen LogP contribution in [0.15, 0.2) is 98.3 Å². The molecule has 194 valence electrons. The Balaban J connectivity index is 1.62. The molecule has 2 aromatic rings. The van der Waals surface area contributed by atoms with Crippen molar-refractivity contribution in [2.75, 3.05) is 0 Å². The first-order valence-electron chi connectivity index (χ1n) is 12.9. The first-order chi connectivity index (χ1) is 17.9. The molecule has 2 heterocycles. The Labute approximate surface area is 226 Å². The molecular formula is C34H36N2O2. The number of nitrogens with zero attached hydrogens (tertiary/aromatic N) is 2. The van der Waals surface area contributed by atoms with Gasteiger partial charge in [0.1, 0.15) is 0 Å². The highest BCUT2D eigenvalue weighted by molar-refractivity contribution is 6.10. The highest BCUT2D eigenvalue weighted by atomic mass is 16.2. The molecule has 0 N–H and O–H groups in total. The number of allylic oxidation sites excluding steroid dienone is 5. The predicted molar refractivity (Wildman–Crippen MR) is 157 cm³/mol. The van der Waals surface area contributed by atoms with Crippen LogP contribution in [0.25, 0.3) is 11.4 Å². The lowest BCUT2D eigenvalue weighted by molar-refractivity contribution is 0.0820. The summed E-state index contributed by atoms with van der Waals surface area (Å²) >= 11 is 0. The van der Waals surface area contributed by atoms with Crippen LogP contribution in [0.2, 0.25) is 0 Å². The second-order valence-corrected chi connectivity index (χ2v) is 11.1. The number of carbonyl (C=O) groups is 2. The van der Waals surface area contributed by atoms with Crippen molar-refractivity contribution in [1.29, 1.82) is 0 Å². The van der Waals surface area contributed by atoms with Crippen molar-refractivity contribution >= 4 is 23.2 Å². The Hall–Kier alpha value is -4.18. The van der Waals surface area contributed by atoms with E-state index in [9.17, 15) is 9.59 Å². The number of hydrogen-bond donors (Lipinski definition) is 0. The van der Waals surface area contributed by atoms with Crippen molar-refractivity contribution in [2.45, 2.75) is 47.1 Å². The highest BCUT2D eigenvalue weighted by Gasteiger charge is 2.34. The first kappa shape index (κ1) is 26.9. The zero-order valence-corrected chi connectivity index (χ0v) is 23.1. The van der Waals surface area contributed by atoms with Gasteiger partial charge in [-0.25, -0.2) is 0 Å². The van der Waals surface area contributed by atoms with Crippen LogP contribution in [0.5, 0.6) is 0 Å². The van der Waals surface area contributed by atoms with Gasteiger partial charge in [-0.15, -0.1) is 0 Å². The fourth-order valence-corrected chi connectivity index (χ4v) is 5.09. The van der Waals surface area contributed by atoms with Crippen LogP contribution < -0.4 is 0 Å². The number of hydrogen-bond acceptors (Lipinski definition) is 2. The lowest BCUT2D eigenvalue weighted by Gasteiger charge is -2.21. The Morgan fingerprint density at radius 3 is 1.87 bits per heavy atom. The van der Waals surface area contributed by atoms with Gasteiger partial charge in [0, 0.05) is 39.7 Å². The molecule has 0 fully saturated rings. The smallest absolute Gasteiger partial charge is 0.263 e. The molecule has 4 nitrogen and oxygen atoms in total. The third-order valence-electron chi connectivity index (χ3n) is 7.14. The summed E-state index contributed by atoms with van der Waals surface area (Å²) in [6.07, 6.45) is 7.97. The second-order valence-electron chi connectivity index (χ2n) is 11.1. The van der Waals surface area contributed by atoms with Gasteiger partial charge in [0.25, 0.3) is 11.8 Å². The van der Waals surface area contributed by atoms with Gasteiger partial charge in [-0.2, -0.15) is 0 Å². The Kier molecular flexibility index (Phi) is 7.03. The summed E-state index contributed by atoms with van der Waals surface area (Å²) in [5, 5.41) is 0. The highest BCUT2D eigenvalue weighted by Crippen LogP contribution is 2.37. The van der Waals surface area contributed by atoms with E-state index in [0.717, 1.165) is 33.5 Å². The Morgan fingerprint density at radius 1 is 0.816 bits per heavy atom. The van der Waals surface area contributed by atoms with E-state index in [0.29, 0.717) is 28.9 Å². The van der Waals surface area contributed by atoms with Gasteiger partial charge in [-0.1, -0.05) is 83.5 Å². The minimum Gasteiger partial charge on any atom is -0.306 e. The van der Waals surface area contributed by atoms with Crippen molar-refractivity contribution < 1.29 is 9.59 Å². The molecule has 0 unspecified atom stereocenters. The molecule has 0 radical (unpaired) electrons. The number of amides is 2. The van der Waals surface area contributed by atoms with E-state index in [1.165, 1.54) is 0 Å². The fourth-order valence-electron chi connectivity index (χ4n) is 5.09. The van der Waals surface area contributed by atoms with Gasteiger partial charge < -0.3 is 4.90 Å². The van der Waals surface area contributed by atoms with E-state index in [-0.39, 0.29) is 23.3 Å². The molecule has 2 aliphatic rings. The molecule has 0 aliphatic carbocycles. The summed E-state index contributed by atoms with van der Waals surface area (Å²) in [5.74, 6) is -0.142. The molecule has 4 heteroatoms. The molecule has 0 spiro atoms. The normalized spacial score (nSPS) is 15.9. The lowest BCUT2D eigenvalue weighted by Crippen LogP contribution is -2.29. The maximum Gasteiger partial charge on any atom is 0.263 e. The number of benzene rings is 2. The number of rotatable bonds is 7. The largest absolute Gasteiger partial charge is 0.306 e. The molecule has 0 saturated heterocycles. The van der Waals surface area contributed by atoms with Crippen LogP contribution in [0, 0.1) is 5.41 Å². The minimum absolute atomic E-state index is 0.0122. The topological polar surface area (TPSA) is 40.6 Å². The molecule has 38 heavy (non-hydrogen) atoms. The van der Waals surface area contributed by atoms with Crippen LogP contribution in [0.3, 0.4) is 0 Å². The van der Waals surface area contributed by atoms with Crippen molar-refractivity contribution in [1.82, 2.24) is 9.80 Å². The van der Waals surface area contributed by atoms with Crippen molar-refractivity contribution in [2.24, 2.45) is 5.41 Å². The van der Waals surface area contributed by atoms with Gasteiger partial charge in [0.2, 0.25) is 0 Å². The van der Waals surface area contributed by atoms with Crippen molar-refractivity contribution in [3.8, 4) is 0 Å². The van der Waals surface area contributed by atoms with Gasteiger partial charge in [0.05, 0.1) is 5.70 Å². The molecule has 2 amide bonds. The van der Waals surface area contributed by atoms with Crippen LogP contribution >= 0.6 is 0 Å². The minimum atomic E-state index is -0.129. The van der Waals surface area contributed by atoms with Crippen LogP contribution in [-0.2, 0) is 6.42 Å². The third-order valence-corrected chi connectivity index (χ3v) is 7.14. The molecule has 0 aromatic heterocycles. The van der Waals surface area contributed by atoms with Crippen LogP contribution in [-0.4, -0.2) is 27.7 Å². The average molecular weight is 505 g/mol. The summed E-state index contributed by atoms with van der Waals surface area (Å²) in [6, 6.07) is 11.9. The van der Waals surface area contributed by atoms with E-state index in [2.05, 4.69) is 47.1 Å². The third kappa shape index (κ3) is 4.63. The molecule has 0 atom stereocenters. The molecule has 2 aromatic carbocycles. The van der Waals surface area contributed by atoms with Crippen LogP contribution in [0.1, 0.15) is 77.6 Å². The van der Waals surface area contributed by atoms with E-state index in [4.69, 9.17) is 0 Å². The molecule has 4 rings (SSSR count). The van der Waals surface area contributed by atoms with Crippen molar-refractivity contribution in [3.63, 3.8) is 0 Å². The second kappa shape index (κ2) is 9.94. The Bertz CT molecular complexity index is 1460. The maximum atomic E-state index is 13.5. The SMILES string of the molecule is C=C/C(=C\C=C(/C=C)C(C)(C)C)N1C(=C)c2ccc(Cc3ccc4c(c3)C(=O)N(C(C)C)C4=C)cc2C1=O. The van der Waals surface area contributed by atoms with Crippen molar-refractivity contribution in [3.05, 3.63) is 132 Å².